The fraction of sp³-hybridized carbons (Fsp3) is 0.667. The number of carbonyl (C=O) groups is 1. The van der Waals surface area contributed by atoms with E-state index in [1.807, 2.05) is 0 Å². The molecule has 1 atom stereocenters. The Balaban J connectivity index is -0.0000000270. The van der Waals surface area contributed by atoms with Gasteiger partial charge < -0.3 is 15.0 Å². The summed E-state index contributed by atoms with van der Waals surface area (Å²) in [5.41, 5.74) is 0. The summed E-state index contributed by atoms with van der Waals surface area (Å²) in [5, 5.41) is 8.33. The van der Waals surface area contributed by atoms with E-state index >= 15 is 0 Å². The van der Waals surface area contributed by atoms with Crippen LogP contribution in [-0.4, -0.2) is 106 Å². The first kappa shape index (κ1) is 19.4. The Hall–Kier alpha value is 1.86. The van der Waals surface area contributed by atoms with Gasteiger partial charge in [0, 0.05) is 0 Å². The number of aliphatic hydroxyl groups is 1. The van der Waals surface area contributed by atoms with E-state index in [-0.39, 0.29) is 81.2 Å². The smallest absolute Gasteiger partial charge is 1.00 e. The monoisotopic (exact) mass is 254 g/mol. The van der Waals surface area contributed by atoms with Crippen LogP contribution < -0.4 is 0 Å². The molecule has 0 fully saturated rings. The van der Waals surface area contributed by atoms with E-state index in [1.165, 1.54) is 0 Å². The molecular weight excluding hydrogens is 244 g/mol. The molecule has 2 N–H and O–H groups in total. The van der Waals surface area contributed by atoms with Crippen molar-refractivity contribution >= 4 is 91.8 Å². The average molecular weight is 254 g/mol. The molecule has 0 saturated heterocycles. The van der Waals surface area contributed by atoms with Crippen molar-refractivity contribution in [3.63, 3.8) is 0 Å². The summed E-state index contributed by atoms with van der Waals surface area (Å²) in [5.74, 6) is -1.41. The Labute approximate surface area is 136 Å². The summed E-state index contributed by atoms with van der Waals surface area (Å²) >= 11 is 0. The van der Waals surface area contributed by atoms with Gasteiger partial charge in [-0.1, -0.05) is 0 Å². The van der Waals surface area contributed by atoms with Gasteiger partial charge in [0.25, 0.3) is 0 Å². The molecule has 0 radical (unpaired) electrons. The molecular formula is C3H10Ca2O6S. The molecule has 0 amide bonds. The van der Waals surface area contributed by atoms with Crippen molar-refractivity contribution < 1.29 is 32.8 Å². The third-order valence-electron chi connectivity index (χ3n) is 0.529. The minimum absolute atomic E-state index is 0. The molecule has 0 aliphatic carbocycles. The Morgan fingerprint density at radius 2 is 1.83 bits per heavy atom. The van der Waals surface area contributed by atoms with Crippen molar-refractivity contribution in [2.75, 3.05) is 0 Å². The van der Waals surface area contributed by atoms with Gasteiger partial charge >= 0.3 is 91.8 Å². The first-order valence-electron chi connectivity index (χ1n) is 2.22. The molecule has 1 unspecified atom stereocenters. The molecule has 0 bridgehead atoms. The van der Waals surface area contributed by atoms with Crippen LogP contribution in [0.1, 0.15) is 12.6 Å². The van der Waals surface area contributed by atoms with Gasteiger partial charge in [0.05, 0.1) is 0 Å². The molecule has 0 spiro atoms. The van der Waals surface area contributed by atoms with Crippen LogP contribution in [0.3, 0.4) is 0 Å². The van der Waals surface area contributed by atoms with Gasteiger partial charge in [-0.2, -0.15) is 8.42 Å². The maximum Gasteiger partial charge on any atom is 2.00 e. The topological polar surface area (TPSA) is 101 Å². The predicted octanol–water partition coefficient (Wildman–Crippen LogP) is -1.60. The Morgan fingerprint density at radius 3 is 1.92 bits per heavy atom. The van der Waals surface area contributed by atoms with Crippen molar-refractivity contribution in [1.82, 2.24) is 0 Å². The fourth-order valence-corrected chi connectivity index (χ4v) is 0.520. The Bertz CT molecular complexity index is 234. The Morgan fingerprint density at radius 1 is 1.50 bits per heavy atom. The molecule has 0 heterocycles. The SMILES string of the molecule is CC(O)C(=O)OS(=O)(=O)O.[Ca+2].[Ca+2].[H-].[H-].[H-].[H-]. The molecule has 0 saturated carbocycles. The second-order valence-electron chi connectivity index (χ2n) is 1.51. The standard InChI is InChI=1S/C3H6O6S.2Ca.4H/c1-2(4)3(5)9-10(6,7)8;;;;;;/h2,4H,1H3,(H,6,7,8);;;;;;/q;2*+2;4*-1. The summed E-state index contributed by atoms with van der Waals surface area (Å²) in [6, 6.07) is 0. The zero-order valence-electron chi connectivity index (χ0n) is 10.4. The van der Waals surface area contributed by atoms with Gasteiger partial charge in [-0.15, -0.1) is 0 Å². The zero-order chi connectivity index (χ0) is 8.36. The van der Waals surface area contributed by atoms with Crippen molar-refractivity contribution in [2.45, 2.75) is 13.0 Å². The van der Waals surface area contributed by atoms with Crippen molar-refractivity contribution in [3.05, 3.63) is 0 Å². The number of carbonyl (C=O) groups excluding carboxylic acids is 1. The van der Waals surface area contributed by atoms with Crippen LogP contribution in [0.15, 0.2) is 0 Å². The van der Waals surface area contributed by atoms with Crippen LogP contribution >= 0.6 is 0 Å². The molecule has 0 aliphatic rings. The summed E-state index contributed by atoms with van der Waals surface area (Å²) in [6.07, 6.45) is -1.57. The van der Waals surface area contributed by atoms with E-state index in [0.29, 0.717) is 0 Å². The fourth-order valence-electron chi connectivity index (χ4n) is 0.173. The first-order valence-corrected chi connectivity index (χ1v) is 3.58. The second kappa shape index (κ2) is 8.19. The van der Waals surface area contributed by atoms with Crippen LogP contribution in [0.4, 0.5) is 0 Å². The molecule has 9 heteroatoms. The van der Waals surface area contributed by atoms with E-state index < -0.39 is 22.5 Å². The third-order valence-corrected chi connectivity index (χ3v) is 0.903. The van der Waals surface area contributed by atoms with E-state index in [4.69, 9.17) is 9.66 Å². The van der Waals surface area contributed by atoms with Crippen molar-refractivity contribution in [3.8, 4) is 0 Å². The molecule has 6 nitrogen and oxygen atoms in total. The molecule has 0 aromatic heterocycles. The summed E-state index contributed by atoms with van der Waals surface area (Å²) < 4.78 is 30.7. The quantitative estimate of drug-likeness (QED) is 0.455. The maximum absolute atomic E-state index is 10.1. The maximum atomic E-state index is 10.1. The third kappa shape index (κ3) is 11.9. The van der Waals surface area contributed by atoms with Gasteiger partial charge in [0.15, 0.2) is 0 Å². The van der Waals surface area contributed by atoms with Gasteiger partial charge in [-0.05, 0) is 6.92 Å². The number of aliphatic hydroxyl groups excluding tert-OH is 1. The molecule has 0 aliphatic heterocycles. The van der Waals surface area contributed by atoms with E-state index in [0.717, 1.165) is 6.92 Å². The summed E-state index contributed by atoms with van der Waals surface area (Å²) in [4.78, 5) is 10.1. The first-order chi connectivity index (χ1) is 4.33. The van der Waals surface area contributed by atoms with Gasteiger partial charge in [0.2, 0.25) is 0 Å². The normalized spacial score (nSPS) is 11.9. The number of rotatable bonds is 2. The van der Waals surface area contributed by atoms with Crippen molar-refractivity contribution in [2.24, 2.45) is 0 Å². The second-order valence-corrected chi connectivity index (χ2v) is 2.53. The van der Waals surface area contributed by atoms with Crippen LogP contribution in [0, 0.1) is 0 Å². The van der Waals surface area contributed by atoms with E-state index in [9.17, 15) is 13.2 Å². The average Bonchev–Trinajstić information content (AvgIpc) is 1.60. The molecule has 0 aromatic carbocycles. The predicted molar refractivity (Wildman–Crippen MR) is 45.3 cm³/mol. The Kier molecular flexibility index (Phi) is 13.3. The largest absolute Gasteiger partial charge is 2.00 e. The van der Waals surface area contributed by atoms with Gasteiger partial charge in [-0.3, -0.25) is 4.55 Å². The molecule has 0 aromatic rings. The number of hydrogen-bond donors (Lipinski definition) is 2. The number of hydrogen-bond acceptors (Lipinski definition) is 5. The van der Waals surface area contributed by atoms with E-state index in [1.54, 1.807) is 0 Å². The van der Waals surface area contributed by atoms with Crippen LogP contribution in [0.25, 0.3) is 0 Å². The van der Waals surface area contributed by atoms with Crippen molar-refractivity contribution in [1.29, 1.82) is 0 Å². The minimum atomic E-state index is -4.78. The van der Waals surface area contributed by atoms with Crippen LogP contribution in [0.5, 0.6) is 0 Å². The summed E-state index contributed by atoms with van der Waals surface area (Å²) in [6.45, 7) is 1.01. The molecule has 0 rings (SSSR count). The van der Waals surface area contributed by atoms with E-state index in [2.05, 4.69) is 4.18 Å². The van der Waals surface area contributed by atoms with Gasteiger partial charge in [0.1, 0.15) is 6.10 Å². The zero-order valence-corrected chi connectivity index (χ0v) is 11.7. The minimum Gasteiger partial charge on any atom is -1.00 e. The summed E-state index contributed by atoms with van der Waals surface area (Å²) in [7, 11) is -4.78. The van der Waals surface area contributed by atoms with Crippen LogP contribution in [-0.2, 0) is 19.4 Å². The molecule has 12 heavy (non-hydrogen) atoms. The van der Waals surface area contributed by atoms with Crippen LogP contribution in [0.2, 0.25) is 0 Å². The molecule has 68 valence electrons. The van der Waals surface area contributed by atoms with Gasteiger partial charge in [-0.25, -0.2) is 4.79 Å².